The topological polar surface area (TPSA) is 235 Å². The van der Waals surface area contributed by atoms with Gasteiger partial charge in [-0.15, -0.1) is 0 Å². The first-order chi connectivity index (χ1) is 15.9. The summed E-state index contributed by atoms with van der Waals surface area (Å²) in [6, 6.07) is 0. The van der Waals surface area contributed by atoms with Gasteiger partial charge in [-0.05, 0) is 12.8 Å². The SMILES string of the molecule is O=P(O)(O)OP(=O)(O)CCCCCCCCCCCCCOP(O)O.OCC(CO)(CO)CO. The van der Waals surface area contributed by atoms with E-state index in [1.165, 1.54) is 0 Å². The molecule has 9 N–H and O–H groups in total. The van der Waals surface area contributed by atoms with Gasteiger partial charge < -0.3 is 49.4 Å². The summed E-state index contributed by atoms with van der Waals surface area (Å²) in [6.45, 7) is -1.24. The van der Waals surface area contributed by atoms with Crippen molar-refractivity contribution in [3.63, 3.8) is 0 Å². The number of rotatable bonds is 21. The number of hydrogen-bond donors (Lipinski definition) is 9. The highest BCUT2D eigenvalue weighted by Gasteiger charge is 2.29. The molecule has 0 saturated heterocycles. The largest absolute Gasteiger partial charge is 0.476 e. The minimum absolute atomic E-state index is 0.240. The van der Waals surface area contributed by atoms with Crippen molar-refractivity contribution in [3.8, 4) is 0 Å². The summed E-state index contributed by atoms with van der Waals surface area (Å²) < 4.78 is 30.5. The van der Waals surface area contributed by atoms with Crippen LogP contribution in [0.4, 0.5) is 0 Å². The molecule has 0 aliphatic rings. The summed E-state index contributed by atoms with van der Waals surface area (Å²) in [6.07, 6.45) is 10.3. The second-order valence-corrected chi connectivity index (χ2v) is 12.2. The third-order valence-electron chi connectivity index (χ3n) is 4.87. The first-order valence-electron chi connectivity index (χ1n) is 11.2. The molecule has 0 bridgehead atoms. The van der Waals surface area contributed by atoms with Gasteiger partial charge >= 0.3 is 24.0 Å². The lowest BCUT2D eigenvalue weighted by Gasteiger charge is -2.23. The smallest absolute Gasteiger partial charge is 0.396 e. The van der Waals surface area contributed by atoms with Crippen LogP contribution < -0.4 is 0 Å². The van der Waals surface area contributed by atoms with E-state index < -0.39 is 55.9 Å². The second kappa shape index (κ2) is 21.5. The molecule has 0 aromatic rings. The molecule has 0 amide bonds. The van der Waals surface area contributed by atoms with E-state index in [1.807, 2.05) is 0 Å². The van der Waals surface area contributed by atoms with Gasteiger partial charge in [0.05, 0.1) is 44.6 Å². The quantitative estimate of drug-likeness (QED) is 0.0719. The maximum atomic E-state index is 11.4. The van der Waals surface area contributed by atoms with Gasteiger partial charge in [-0.2, -0.15) is 0 Å². The summed E-state index contributed by atoms with van der Waals surface area (Å²) in [5.41, 5.74) is -1.11. The molecular weight excluding hydrogens is 517 g/mol. The third kappa shape index (κ3) is 24.2. The summed E-state index contributed by atoms with van der Waals surface area (Å²) in [5.74, 6) is 0. The van der Waals surface area contributed by atoms with Gasteiger partial charge in [0.2, 0.25) is 0 Å². The lowest BCUT2D eigenvalue weighted by Crippen LogP contribution is -2.37. The molecule has 0 heterocycles. The maximum Gasteiger partial charge on any atom is 0.476 e. The van der Waals surface area contributed by atoms with E-state index in [-0.39, 0.29) is 6.16 Å². The number of aliphatic hydroxyl groups is 4. The van der Waals surface area contributed by atoms with E-state index in [2.05, 4.69) is 8.83 Å². The zero-order valence-electron chi connectivity index (χ0n) is 19.5. The van der Waals surface area contributed by atoms with Gasteiger partial charge in [0.15, 0.2) is 0 Å². The average Bonchev–Trinajstić information content (AvgIpc) is 2.74. The zero-order chi connectivity index (χ0) is 26.5. The molecule has 0 fully saturated rings. The molecule has 13 nitrogen and oxygen atoms in total. The van der Waals surface area contributed by atoms with Crippen molar-refractivity contribution in [2.45, 2.75) is 70.6 Å². The van der Waals surface area contributed by atoms with Crippen LogP contribution in [0.5, 0.6) is 0 Å². The van der Waals surface area contributed by atoms with Crippen LogP contribution in [-0.2, 0) is 18.0 Å². The Bertz CT molecular complexity index is 538. The molecule has 0 aliphatic heterocycles. The van der Waals surface area contributed by atoms with Crippen LogP contribution in [0.2, 0.25) is 0 Å². The number of phosphoric acid groups is 1. The highest BCUT2D eigenvalue weighted by Crippen LogP contribution is 2.57. The molecule has 1 unspecified atom stereocenters. The van der Waals surface area contributed by atoms with E-state index in [0.717, 1.165) is 64.2 Å². The fourth-order valence-corrected chi connectivity index (χ4v) is 5.23. The van der Waals surface area contributed by atoms with Gasteiger partial charge in [-0.3, -0.25) is 4.57 Å². The van der Waals surface area contributed by atoms with Crippen LogP contribution in [0.25, 0.3) is 0 Å². The Balaban J connectivity index is 0. The molecular formula is C18H43O13P3. The van der Waals surface area contributed by atoms with Crippen molar-refractivity contribution < 1.29 is 62.9 Å². The molecule has 0 aliphatic carbocycles. The predicted octanol–water partition coefficient (Wildman–Crippen LogP) is 1.74. The van der Waals surface area contributed by atoms with Crippen molar-refractivity contribution in [3.05, 3.63) is 0 Å². The molecule has 0 rings (SSSR count). The molecule has 1 atom stereocenters. The summed E-state index contributed by atoms with van der Waals surface area (Å²) >= 11 is 0. The average molecular weight is 560 g/mol. The molecule has 16 heteroatoms. The van der Waals surface area contributed by atoms with Crippen molar-refractivity contribution >= 4 is 24.0 Å². The summed E-state index contributed by atoms with van der Waals surface area (Å²) in [7, 11) is -11.3. The Morgan fingerprint density at radius 3 is 1.26 bits per heavy atom. The molecule has 34 heavy (non-hydrogen) atoms. The van der Waals surface area contributed by atoms with Crippen LogP contribution in [0.3, 0.4) is 0 Å². The Kier molecular flexibility index (Phi) is 23.2. The van der Waals surface area contributed by atoms with Crippen molar-refractivity contribution in [1.82, 2.24) is 0 Å². The predicted molar refractivity (Wildman–Crippen MR) is 127 cm³/mol. The van der Waals surface area contributed by atoms with Crippen LogP contribution in [0.1, 0.15) is 70.6 Å². The highest BCUT2D eigenvalue weighted by molar-refractivity contribution is 7.63. The number of aliphatic hydroxyl groups excluding tert-OH is 4. The van der Waals surface area contributed by atoms with Crippen molar-refractivity contribution in [2.24, 2.45) is 5.41 Å². The fourth-order valence-electron chi connectivity index (χ4n) is 2.66. The fraction of sp³-hybridized carbons (Fsp3) is 1.00. The molecule has 0 saturated carbocycles. The Morgan fingerprint density at radius 2 is 0.971 bits per heavy atom. The number of hydrogen-bond acceptors (Lipinski definition) is 10. The van der Waals surface area contributed by atoms with Crippen LogP contribution in [-0.4, -0.2) is 84.1 Å². The zero-order valence-corrected chi connectivity index (χ0v) is 22.2. The molecule has 0 aromatic heterocycles. The normalized spacial score (nSPS) is 14.1. The third-order valence-corrected chi connectivity index (χ3v) is 8.03. The van der Waals surface area contributed by atoms with Crippen molar-refractivity contribution in [1.29, 1.82) is 0 Å². The van der Waals surface area contributed by atoms with E-state index in [1.54, 1.807) is 0 Å². The number of unbranched alkanes of at least 4 members (excludes halogenated alkanes) is 10. The summed E-state index contributed by atoms with van der Waals surface area (Å²) in [5, 5.41) is 34.0. The Morgan fingerprint density at radius 1 is 0.618 bits per heavy atom. The van der Waals surface area contributed by atoms with Gasteiger partial charge in [0.25, 0.3) is 0 Å². The molecule has 0 radical (unpaired) electrons. The Labute approximate surface area is 202 Å². The van der Waals surface area contributed by atoms with Gasteiger partial charge in [-0.25, -0.2) is 8.88 Å². The van der Waals surface area contributed by atoms with Gasteiger partial charge in [0.1, 0.15) is 0 Å². The summed E-state index contributed by atoms with van der Waals surface area (Å²) in [4.78, 5) is 43.4. The van der Waals surface area contributed by atoms with E-state index in [0.29, 0.717) is 13.0 Å². The van der Waals surface area contributed by atoms with E-state index in [4.69, 9.17) is 40.0 Å². The lowest BCUT2D eigenvalue weighted by molar-refractivity contribution is -0.0328. The highest BCUT2D eigenvalue weighted by atomic mass is 31.3. The van der Waals surface area contributed by atoms with Gasteiger partial charge in [0, 0.05) is 0 Å². The minimum Gasteiger partial charge on any atom is -0.396 e. The molecule has 208 valence electrons. The standard InChI is InChI=1S/C13H31O9P3.C5H12O4/c14-23(15)21-12-10-8-6-4-2-1-3-5-7-9-11-13-24(16,17)22-25(18,19)20;6-1-5(2-7,3-8)4-9/h14-15H,1-13H2,(H,16,17)(H2,18,19,20);6-9H,1-4H2. The van der Waals surface area contributed by atoms with Gasteiger partial charge in [-0.1, -0.05) is 57.8 Å². The molecule has 0 aromatic carbocycles. The van der Waals surface area contributed by atoms with Crippen LogP contribution >= 0.6 is 24.0 Å². The minimum atomic E-state index is -4.92. The van der Waals surface area contributed by atoms with Crippen LogP contribution in [0, 0.1) is 5.41 Å². The van der Waals surface area contributed by atoms with E-state index in [9.17, 15) is 14.0 Å². The monoisotopic (exact) mass is 560 g/mol. The Hall–Kier alpha value is 0.450. The maximum absolute atomic E-state index is 11.4. The van der Waals surface area contributed by atoms with Crippen LogP contribution in [0.15, 0.2) is 0 Å². The lowest BCUT2D eigenvalue weighted by atomic mass is 9.93. The first kappa shape index (κ1) is 36.6. The molecule has 0 spiro atoms. The van der Waals surface area contributed by atoms with Crippen molar-refractivity contribution in [2.75, 3.05) is 39.2 Å². The first-order valence-corrected chi connectivity index (χ1v) is 15.7. The van der Waals surface area contributed by atoms with E-state index >= 15 is 0 Å². The second-order valence-electron chi connectivity index (χ2n) is 8.04.